The van der Waals surface area contributed by atoms with Crippen molar-refractivity contribution in [3.63, 3.8) is 0 Å². The molecular weight excluding hydrogens is 208 g/mol. The molecule has 0 spiro atoms. The maximum absolute atomic E-state index is 9.83. The van der Waals surface area contributed by atoms with Crippen molar-refractivity contribution < 1.29 is 10.2 Å². The highest BCUT2D eigenvalue weighted by Crippen LogP contribution is 2.17. The Labute approximate surface area is 94.5 Å². The fraction of sp³-hybridized carbons (Fsp3) is 0.500. The molecule has 1 heterocycles. The van der Waals surface area contributed by atoms with Crippen LogP contribution in [0.3, 0.4) is 0 Å². The zero-order valence-electron chi connectivity index (χ0n) is 9.22. The lowest BCUT2D eigenvalue weighted by atomic mass is 10.1. The Morgan fingerprint density at radius 3 is 2.81 bits per heavy atom. The normalized spacial score (nSPS) is 14.5. The van der Waals surface area contributed by atoms with Crippen LogP contribution < -0.4 is 16.6 Å². The lowest BCUT2D eigenvalue weighted by Crippen LogP contribution is -2.24. The lowest BCUT2D eigenvalue weighted by Gasteiger charge is -2.17. The van der Waals surface area contributed by atoms with Gasteiger partial charge in [0.1, 0.15) is 11.9 Å². The van der Waals surface area contributed by atoms with Gasteiger partial charge in [-0.1, -0.05) is 6.07 Å². The Morgan fingerprint density at radius 2 is 2.19 bits per heavy atom. The Balaban J connectivity index is 2.67. The minimum Gasteiger partial charge on any atom is -0.390 e. The molecule has 0 saturated carbocycles. The quantitative estimate of drug-likeness (QED) is 0.327. The van der Waals surface area contributed by atoms with Gasteiger partial charge in [-0.25, -0.2) is 10.8 Å². The number of aliphatic hydroxyl groups is 2. The largest absolute Gasteiger partial charge is 0.390 e. The van der Waals surface area contributed by atoms with Crippen molar-refractivity contribution >= 4 is 5.82 Å². The highest BCUT2D eigenvalue weighted by Gasteiger charge is 2.19. The van der Waals surface area contributed by atoms with Crippen LogP contribution in [0.5, 0.6) is 0 Å². The first-order valence-electron chi connectivity index (χ1n) is 5.13. The number of nitrogens with zero attached hydrogens (tertiary/aromatic N) is 1. The maximum atomic E-state index is 9.83. The van der Waals surface area contributed by atoms with E-state index in [0.29, 0.717) is 24.5 Å². The summed E-state index contributed by atoms with van der Waals surface area (Å²) in [6.45, 7) is 0.632. The van der Waals surface area contributed by atoms with E-state index in [1.54, 1.807) is 25.2 Å². The fourth-order valence-electron chi connectivity index (χ4n) is 1.34. The van der Waals surface area contributed by atoms with Crippen LogP contribution in [0.25, 0.3) is 0 Å². The van der Waals surface area contributed by atoms with E-state index in [1.165, 1.54) is 0 Å². The smallest absolute Gasteiger partial charge is 0.140 e. The number of pyridine rings is 1. The number of aliphatic hydroxyl groups excluding tert-OH is 2. The molecule has 90 valence electrons. The predicted molar refractivity (Wildman–Crippen MR) is 61.6 cm³/mol. The minimum atomic E-state index is -0.998. The number of hydrazine groups is 1. The highest BCUT2D eigenvalue weighted by molar-refractivity contribution is 5.34. The van der Waals surface area contributed by atoms with Crippen molar-refractivity contribution in [3.05, 3.63) is 23.9 Å². The molecule has 0 aliphatic heterocycles. The number of nitrogens with two attached hydrogens (primary N) is 1. The first-order chi connectivity index (χ1) is 7.69. The number of rotatable bonds is 6. The second kappa shape index (κ2) is 6.39. The summed E-state index contributed by atoms with van der Waals surface area (Å²) in [6, 6.07) is 5.04. The third kappa shape index (κ3) is 3.42. The van der Waals surface area contributed by atoms with E-state index in [-0.39, 0.29) is 0 Å². The van der Waals surface area contributed by atoms with Crippen LogP contribution >= 0.6 is 0 Å². The molecule has 0 fully saturated rings. The van der Waals surface area contributed by atoms with Gasteiger partial charge in [0.05, 0.1) is 11.8 Å². The van der Waals surface area contributed by atoms with E-state index in [2.05, 4.69) is 15.7 Å². The Kier molecular flexibility index (Phi) is 5.13. The summed E-state index contributed by atoms with van der Waals surface area (Å²) < 4.78 is 0. The van der Waals surface area contributed by atoms with E-state index >= 15 is 0 Å². The summed E-state index contributed by atoms with van der Waals surface area (Å²) in [4.78, 5) is 4.05. The van der Waals surface area contributed by atoms with Gasteiger partial charge < -0.3 is 21.0 Å². The van der Waals surface area contributed by atoms with Crippen molar-refractivity contribution in [2.24, 2.45) is 5.84 Å². The summed E-state index contributed by atoms with van der Waals surface area (Å²) in [5.74, 6) is 5.66. The molecule has 0 bridgehead atoms. The van der Waals surface area contributed by atoms with Crippen LogP contribution in [0.15, 0.2) is 18.2 Å². The van der Waals surface area contributed by atoms with Crippen LogP contribution in [-0.4, -0.2) is 34.9 Å². The van der Waals surface area contributed by atoms with E-state index in [0.717, 1.165) is 0 Å². The molecule has 6 heteroatoms. The maximum Gasteiger partial charge on any atom is 0.140 e. The van der Waals surface area contributed by atoms with Crippen LogP contribution in [0.2, 0.25) is 0 Å². The van der Waals surface area contributed by atoms with E-state index in [9.17, 15) is 10.2 Å². The fourth-order valence-corrected chi connectivity index (χ4v) is 1.34. The number of anilines is 1. The number of nitrogen functional groups attached to an aromatic ring is 1. The molecule has 6 nitrogen and oxygen atoms in total. The molecule has 16 heavy (non-hydrogen) atoms. The molecule has 2 atom stereocenters. The molecule has 6 N–H and O–H groups in total. The molecule has 0 radical (unpaired) electrons. The van der Waals surface area contributed by atoms with Gasteiger partial charge in [0, 0.05) is 0 Å². The monoisotopic (exact) mass is 226 g/mol. The van der Waals surface area contributed by atoms with Gasteiger partial charge in [-0.15, -0.1) is 0 Å². The minimum absolute atomic E-state index is 0.402. The average Bonchev–Trinajstić information content (AvgIpc) is 2.35. The topological polar surface area (TPSA) is 103 Å². The van der Waals surface area contributed by atoms with Gasteiger partial charge in [-0.05, 0) is 32.1 Å². The van der Waals surface area contributed by atoms with Crippen LogP contribution in [0, 0.1) is 0 Å². The van der Waals surface area contributed by atoms with E-state index in [1.807, 2.05) is 0 Å². The van der Waals surface area contributed by atoms with Crippen molar-refractivity contribution in [3.8, 4) is 0 Å². The van der Waals surface area contributed by atoms with Gasteiger partial charge in [-0.3, -0.25) is 0 Å². The summed E-state index contributed by atoms with van der Waals surface area (Å²) >= 11 is 0. The number of hydrogen-bond acceptors (Lipinski definition) is 6. The van der Waals surface area contributed by atoms with E-state index in [4.69, 9.17) is 5.84 Å². The number of hydrogen-bond donors (Lipinski definition) is 5. The highest BCUT2D eigenvalue weighted by atomic mass is 16.3. The second-order valence-corrected chi connectivity index (χ2v) is 3.50. The molecule has 1 rings (SSSR count). The van der Waals surface area contributed by atoms with Gasteiger partial charge in [0.15, 0.2) is 0 Å². The van der Waals surface area contributed by atoms with Crippen molar-refractivity contribution in [1.29, 1.82) is 0 Å². The van der Waals surface area contributed by atoms with Gasteiger partial charge in [0.25, 0.3) is 0 Å². The van der Waals surface area contributed by atoms with Crippen LogP contribution in [-0.2, 0) is 0 Å². The third-order valence-corrected chi connectivity index (χ3v) is 2.28. The van der Waals surface area contributed by atoms with Crippen LogP contribution in [0.4, 0.5) is 5.82 Å². The van der Waals surface area contributed by atoms with Gasteiger partial charge in [0.2, 0.25) is 0 Å². The van der Waals surface area contributed by atoms with Crippen LogP contribution in [0.1, 0.15) is 18.2 Å². The van der Waals surface area contributed by atoms with Gasteiger partial charge >= 0.3 is 0 Å². The zero-order chi connectivity index (χ0) is 12.0. The molecule has 1 aromatic rings. The second-order valence-electron chi connectivity index (χ2n) is 3.50. The molecule has 0 amide bonds. The molecule has 2 unspecified atom stereocenters. The van der Waals surface area contributed by atoms with Crippen molar-refractivity contribution in [2.75, 3.05) is 19.0 Å². The predicted octanol–water partition coefficient (Wildman–Crippen LogP) is -0.629. The molecule has 0 aliphatic rings. The SMILES string of the molecule is CNCCC(O)C(O)c1cccc(NN)n1. The Hall–Kier alpha value is -1.21. The molecule has 0 aromatic carbocycles. The summed E-state index contributed by atoms with van der Waals surface area (Å²) in [5, 5.41) is 22.4. The zero-order valence-corrected chi connectivity index (χ0v) is 9.22. The molecule has 0 aliphatic carbocycles. The Morgan fingerprint density at radius 1 is 1.44 bits per heavy atom. The van der Waals surface area contributed by atoms with Gasteiger partial charge in [-0.2, -0.15) is 0 Å². The first-order valence-corrected chi connectivity index (χ1v) is 5.13. The first kappa shape index (κ1) is 12.9. The molecule has 1 aromatic heterocycles. The number of aromatic nitrogens is 1. The third-order valence-electron chi connectivity index (χ3n) is 2.28. The van der Waals surface area contributed by atoms with Crippen molar-refractivity contribution in [2.45, 2.75) is 18.6 Å². The summed E-state index contributed by atoms with van der Waals surface area (Å²) in [5.41, 5.74) is 2.79. The average molecular weight is 226 g/mol. The molecule has 0 saturated heterocycles. The van der Waals surface area contributed by atoms with Crippen molar-refractivity contribution in [1.82, 2.24) is 10.3 Å². The Bertz CT molecular complexity index is 321. The lowest BCUT2D eigenvalue weighted by molar-refractivity contribution is 0.0116. The number of nitrogens with one attached hydrogen (secondary N) is 2. The van der Waals surface area contributed by atoms with E-state index < -0.39 is 12.2 Å². The summed E-state index contributed by atoms with van der Waals surface area (Å²) in [7, 11) is 1.79. The summed E-state index contributed by atoms with van der Waals surface area (Å²) in [6.07, 6.45) is -1.38. The molecular formula is C10H18N4O2. The standard InChI is InChI=1S/C10H18N4O2/c1-12-6-5-8(15)10(16)7-3-2-4-9(13-7)14-11/h2-4,8,10,12,15-16H,5-6,11H2,1H3,(H,13,14).